The highest BCUT2D eigenvalue weighted by Gasteiger charge is 2.39. The molecule has 20 heteroatoms. The van der Waals surface area contributed by atoms with Gasteiger partial charge in [-0.3, -0.25) is 29.5 Å². The van der Waals surface area contributed by atoms with Crippen LogP contribution in [0.5, 0.6) is 0 Å². The van der Waals surface area contributed by atoms with Crippen LogP contribution in [0.25, 0.3) is 22.5 Å². The molecule has 4 aliphatic rings. The maximum absolute atomic E-state index is 15.0. The van der Waals surface area contributed by atoms with E-state index in [0.717, 1.165) is 42.6 Å². The lowest BCUT2D eigenvalue weighted by molar-refractivity contribution is -0.137. The molecule has 370 valence electrons. The number of hydrogen-bond acceptors (Lipinski definition) is 13. The summed E-state index contributed by atoms with van der Waals surface area (Å²) in [5.41, 5.74) is 6.50. The van der Waals surface area contributed by atoms with Gasteiger partial charge in [-0.25, -0.2) is 23.4 Å². The molecule has 2 fully saturated rings. The number of nitrogens with zero attached hydrogens (tertiary/aromatic N) is 7. The van der Waals surface area contributed by atoms with E-state index < -0.39 is 23.6 Å². The van der Waals surface area contributed by atoms with Crippen molar-refractivity contribution in [2.45, 2.75) is 76.2 Å². The maximum Gasteiger partial charge on any atom is 0.255 e. The minimum Gasteiger partial charge on any atom is -0.379 e. The molecular formula is C52H50ClF2N11O6. The van der Waals surface area contributed by atoms with Crippen molar-refractivity contribution in [2.24, 2.45) is 4.99 Å². The molecule has 1 aliphatic carbocycles. The largest absolute Gasteiger partial charge is 0.379 e. The van der Waals surface area contributed by atoms with Crippen molar-refractivity contribution in [3.05, 3.63) is 136 Å². The Morgan fingerprint density at radius 1 is 0.833 bits per heavy atom. The number of halogens is 3. The summed E-state index contributed by atoms with van der Waals surface area (Å²) in [6.07, 6.45) is 8.21. The van der Waals surface area contributed by atoms with Gasteiger partial charge >= 0.3 is 0 Å². The number of carbonyl (C=O) groups is 4. The fourth-order valence-electron chi connectivity index (χ4n) is 9.61. The zero-order valence-electron chi connectivity index (χ0n) is 39.0. The van der Waals surface area contributed by atoms with Crippen LogP contribution in [-0.4, -0.2) is 104 Å². The Morgan fingerprint density at radius 3 is 2.39 bits per heavy atom. The highest BCUT2D eigenvalue weighted by atomic mass is 35.5. The number of amides is 4. The average molecular weight is 998 g/mol. The van der Waals surface area contributed by atoms with E-state index in [-0.39, 0.29) is 74.0 Å². The third-order valence-corrected chi connectivity index (χ3v) is 13.5. The lowest BCUT2D eigenvalue weighted by Gasteiger charge is -2.29. The van der Waals surface area contributed by atoms with Gasteiger partial charge in [-0.1, -0.05) is 41.1 Å². The highest BCUT2D eigenvalue weighted by molar-refractivity contribution is 6.31. The van der Waals surface area contributed by atoms with Gasteiger partial charge in [0.05, 0.1) is 68.6 Å². The predicted octanol–water partition coefficient (Wildman–Crippen LogP) is 7.32. The maximum atomic E-state index is 15.0. The normalized spacial score (nSPS) is 18.4. The minimum absolute atomic E-state index is 0.119. The number of imide groups is 1. The number of anilines is 3. The van der Waals surface area contributed by atoms with E-state index in [1.54, 1.807) is 42.6 Å². The van der Waals surface area contributed by atoms with E-state index in [1.807, 2.05) is 35.1 Å². The molecule has 4 N–H and O–H groups in total. The van der Waals surface area contributed by atoms with Crippen LogP contribution < -0.4 is 21.3 Å². The minimum atomic E-state index is -0.719. The van der Waals surface area contributed by atoms with Gasteiger partial charge in [0.15, 0.2) is 0 Å². The Morgan fingerprint density at radius 2 is 1.60 bits per heavy atom. The zero-order valence-corrected chi connectivity index (χ0v) is 39.8. The van der Waals surface area contributed by atoms with Crippen molar-refractivity contribution in [3.8, 4) is 22.5 Å². The molecular weight excluding hydrogens is 948 g/mol. The molecule has 10 rings (SSSR count). The quantitative estimate of drug-likeness (QED) is 0.0524. The molecule has 72 heavy (non-hydrogen) atoms. The zero-order chi connectivity index (χ0) is 49.7. The molecule has 1 atom stereocenters. The fourth-order valence-corrected chi connectivity index (χ4v) is 9.78. The van der Waals surface area contributed by atoms with Gasteiger partial charge in [0, 0.05) is 76.0 Å². The first kappa shape index (κ1) is 48.3. The summed E-state index contributed by atoms with van der Waals surface area (Å²) in [7, 11) is 0. The van der Waals surface area contributed by atoms with Crippen molar-refractivity contribution in [1.82, 2.24) is 40.5 Å². The molecule has 1 saturated carbocycles. The van der Waals surface area contributed by atoms with E-state index in [4.69, 9.17) is 26.1 Å². The second kappa shape index (κ2) is 21.6. The van der Waals surface area contributed by atoms with Crippen molar-refractivity contribution < 1.29 is 37.4 Å². The number of aromatic nitrogens is 5. The summed E-state index contributed by atoms with van der Waals surface area (Å²) in [6.45, 7) is 2.59. The molecule has 1 unspecified atom stereocenters. The number of aliphatic imine (C=N–C) groups is 1. The Kier molecular flexibility index (Phi) is 14.5. The van der Waals surface area contributed by atoms with Crippen LogP contribution in [0.1, 0.15) is 83.6 Å². The van der Waals surface area contributed by atoms with Crippen molar-refractivity contribution in [3.63, 3.8) is 0 Å². The van der Waals surface area contributed by atoms with Crippen molar-refractivity contribution in [2.75, 3.05) is 43.6 Å². The number of benzene rings is 4. The Bertz CT molecular complexity index is 3050. The molecule has 0 bridgehead atoms. The molecule has 0 radical (unpaired) electrons. The molecule has 4 aromatic carbocycles. The lowest BCUT2D eigenvalue weighted by Crippen LogP contribution is -2.52. The standard InChI is InChI=1S/C52H50ClF2N11O6/c53-33-6-14-39-40(25-33)49(47-41(54)2-1-3-42(47)55)57-26-32-27-58-52(62-48(32)39)60-35-7-4-30(5-8-35)43-29-66(64-63-43)37-12-9-34(10-13-37)56-19-21-72-23-22-71-20-18-46(68)59-36-11-15-38-31(24-36)28-65(51(38)70)44-16-17-45(67)61-50(44)69/h1-8,11,14-15,24-25,27,29,34,37,44,56H,9-10,12-13,16-23,26,28H2,(H,59,68)(H,58,60,62)(H,61,67,69). The van der Waals surface area contributed by atoms with Gasteiger partial charge in [0.25, 0.3) is 5.91 Å². The van der Waals surface area contributed by atoms with Crippen LogP contribution in [0.4, 0.5) is 26.1 Å². The van der Waals surface area contributed by atoms with E-state index in [9.17, 15) is 28.0 Å². The number of carbonyl (C=O) groups excluding carboxylic acids is 4. The van der Waals surface area contributed by atoms with Gasteiger partial charge < -0.3 is 30.3 Å². The van der Waals surface area contributed by atoms with Crippen molar-refractivity contribution in [1.29, 1.82) is 0 Å². The summed E-state index contributed by atoms with van der Waals surface area (Å²) in [4.78, 5) is 64.8. The van der Waals surface area contributed by atoms with Gasteiger partial charge in [0.2, 0.25) is 23.7 Å². The Hall–Kier alpha value is -7.32. The summed E-state index contributed by atoms with van der Waals surface area (Å²) in [6, 6.07) is 21.6. The predicted molar refractivity (Wildman–Crippen MR) is 264 cm³/mol. The molecule has 2 aromatic heterocycles. The van der Waals surface area contributed by atoms with Crippen LogP contribution in [0.15, 0.2) is 96.2 Å². The van der Waals surface area contributed by atoms with Gasteiger partial charge in [-0.05, 0) is 92.3 Å². The summed E-state index contributed by atoms with van der Waals surface area (Å²) in [5.74, 6) is -2.39. The van der Waals surface area contributed by atoms with Crippen LogP contribution in [-0.2, 0) is 36.9 Å². The number of piperidine rings is 1. The van der Waals surface area contributed by atoms with E-state index in [2.05, 4.69) is 41.6 Å². The molecule has 4 amide bonds. The monoisotopic (exact) mass is 997 g/mol. The first-order chi connectivity index (χ1) is 35.0. The van der Waals surface area contributed by atoms with E-state index in [0.29, 0.717) is 82.6 Å². The molecule has 1 saturated heterocycles. The molecule has 5 heterocycles. The van der Waals surface area contributed by atoms with Crippen molar-refractivity contribution >= 4 is 58.3 Å². The smallest absolute Gasteiger partial charge is 0.255 e. The number of nitrogens with one attached hydrogen (secondary N) is 4. The summed E-state index contributed by atoms with van der Waals surface area (Å²) in [5, 5.41) is 21.4. The number of fused-ring (bicyclic) bond motifs is 4. The van der Waals surface area contributed by atoms with Crippen LogP contribution >= 0.6 is 11.6 Å². The summed E-state index contributed by atoms with van der Waals surface area (Å²) < 4.78 is 43.3. The molecule has 6 aromatic rings. The van der Waals surface area contributed by atoms with Gasteiger partial charge in [-0.15, -0.1) is 5.10 Å². The van der Waals surface area contributed by atoms with Gasteiger partial charge in [-0.2, -0.15) is 0 Å². The Balaban J connectivity index is 0.618. The summed E-state index contributed by atoms with van der Waals surface area (Å²) >= 11 is 6.38. The number of ether oxygens (including phenoxy) is 2. The Labute approximate surface area is 417 Å². The molecule has 0 spiro atoms. The van der Waals surface area contributed by atoms with E-state index >= 15 is 0 Å². The third-order valence-electron chi connectivity index (χ3n) is 13.3. The second-order valence-electron chi connectivity index (χ2n) is 18.1. The van der Waals surface area contributed by atoms with Crippen LogP contribution in [0.2, 0.25) is 5.02 Å². The van der Waals surface area contributed by atoms with Crippen LogP contribution in [0.3, 0.4) is 0 Å². The number of rotatable bonds is 17. The van der Waals surface area contributed by atoms with Gasteiger partial charge in [0.1, 0.15) is 23.4 Å². The average Bonchev–Trinajstić information content (AvgIpc) is 3.96. The fraction of sp³-hybridized carbons (Fsp3) is 0.327. The first-order valence-electron chi connectivity index (χ1n) is 24.0. The van der Waals surface area contributed by atoms with Crippen LogP contribution in [0, 0.1) is 11.6 Å². The van der Waals surface area contributed by atoms with E-state index in [1.165, 1.54) is 23.1 Å². The topological polar surface area (TPSA) is 207 Å². The SMILES string of the molecule is O=C1CCC(N2Cc3cc(NC(=O)CCOCCOCCNC4CCC(n5cc(-c6ccc(Nc7ncc8c(n7)-c7ccc(Cl)cc7C(c7c(F)cccc7F)=NC8)cc6)nn5)CC4)ccc3C2=O)C(=O)N1. The third kappa shape index (κ3) is 10.8. The second-order valence-corrected chi connectivity index (χ2v) is 18.5. The molecule has 3 aliphatic heterocycles. The first-order valence-corrected chi connectivity index (χ1v) is 24.3. The highest BCUT2D eigenvalue weighted by Crippen LogP contribution is 2.36. The number of hydrogen-bond donors (Lipinski definition) is 4. The lowest BCUT2D eigenvalue weighted by atomic mass is 9.91. The molecule has 17 nitrogen and oxygen atoms in total.